The zero-order valence-corrected chi connectivity index (χ0v) is 16.5. The van der Waals surface area contributed by atoms with E-state index in [-0.39, 0.29) is 24.9 Å². The first-order valence-electron chi connectivity index (χ1n) is 8.99. The predicted octanol–water partition coefficient (Wildman–Crippen LogP) is 2.24. The van der Waals surface area contributed by atoms with Gasteiger partial charge in [0.25, 0.3) is 5.91 Å². The third-order valence-electron chi connectivity index (χ3n) is 5.04. The highest BCUT2D eigenvalue weighted by Gasteiger charge is 2.28. The molecule has 27 heavy (non-hydrogen) atoms. The fraction of sp³-hybridized carbons (Fsp3) is 0.500. The Morgan fingerprint density at radius 1 is 1.19 bits per heavy atom. The number of ether oxygens (including phenoxy) is 1. The van der Waals surface area contributed by atoms with E-state index in [1.807, 2.05) is 4.90 Å². The summed E-state index contributed by atoms with van der Waals surface area (Å²) in [6.07, 6.45) is 1.83. The van der Waals surface area contributed by atoms with Gasteiger partial charge in [0.2, 0.25) is 0 Å². The fourth-order valence-corrected chi connectivity index (χ4v) is 3.70. The fourth-order valence-electron chi connectivity index (χ4n) is 3.57. The van der Waals surface area contributed by atoms with Gasteiger partial charge in [0.15, 0.2) is 6.61 Å². The van der Waals surface area contributed by atoms with Crippen molar-refractivity contribution in [3.05, 3.63) is 40.9 Å². The van der Waals surface area contributed by atoms with Crippen LogP contribution in [0.3, 0.4) is 0 Å². The Morgan fingerprint density at radius 3 is 2.67 bits per heavy atom. The van der Waals surface area contributed by atoms with Crippen LogP contribution < -0.4 is 10.1 Å². The minimum atomic E-state index is 0. The van der Waals surface area contributed by atoms with E-state index in [2.05, 4.69) is 20.1 Å². The third-order valence-corrected chi connectivity index (χ3v) is 5.29. The standard InChI is InChI=1S/C18H22ClN5O2.ClH/c19-14-1-3-15(4-2-14)26-12-17(25)23-8-5-13(6-9-23)18-22-21-16-11-20-7-10-24(16)18;/h1-4,13,20H,5-12H2;1H. The van der Waals surface area contributed by atoms with Crippen LogP contribution in [-0.2, 0) is 17.9 Å². The maximum Gasteiger partial charge on any atom is 0.260 e. The van der Waals surface area contributed by atoms with Crippen molar-refractivity contribution in [3.8, 4) is 5.75 Å². The molecule has 1 fully saturated rings. The minimum absolute atomic E-state index is 0. The lowest BCUT2D eigenvalue weighted by atomic mass is 9.95. The number of rotatable bonds is 4. The molecule has 1 amide bonds. The van der Waals surface area contributed by atoms with Gasteiger partial charge in [0, 0.05) is 37.1 Å². The molecule has 2 aliphatic heterocycles. The van der Waals surface area contributed by atoms with Crippen LogP contribution in [0.1, 0.15) is 30.4 Å². The summed E-state index contributed by atoms with van der Waals surface area (Å²) < 4.78 is 7.80. The lowest BCUT2D eigenvalue weighted by Gasteiger charge is -2.32. The number of aromatic nitrogens is 3. The number of carbonyl (C=O) groups is 1. The monoisotopic (exact) mass is 411 g/mol. The Morgan fingerprint density at radius 2 is 1.93 bits per heavy atom. The Labute approximate surface area is 169 Å². The van der Waals surface area contributed by atoms with Crippen molar-refractivity contribution in [2.45, 2.75) is 31.8 Å². The molecule has 9 heteroatoms. The first-order chi connectivity index (χ1) is 12.7. The number of amides is 1. The van der Waals surface area contributed by atoms with E-state index in [0.29, 0.717) is 16.7 Å². The van der Waals surface area contributed by atoms with Crippen LogP contribution in [0.25, 0.3) is 0 Å². The number of benzene rings is 1. The van der Waals surface area contributed by atoms with Crippen molar-refractivity contribution in [2.24, 2.45) is 0 Å². The number of hydrogen-bond donors (Lipinski definition) is 1. The highest BCUT2D eigenvalue weighted by Crippen LogP contribution is 2.28. The minimum Gasteiger partial charge on any atom is -0.484 e. The van der Waals surface area contributed by atoms with E-state index >= 15 is 0 Å². The van der Waals surface area contributed by atoms with Gasteiger partial charge in [-0.25, -0.2) is 0 Å². The number of piperidine rings is 1. The van der Waals surface area contributed by atoms with Gasteiger partial charge in [-0.1, -0.05) is 11.6 Å². The van der Waals surface area contributed by atoms with Gasteiger partial charge < -0.3 is 19.5 Å². The molecule has 2 aromatic rings. The maximum atomic E-state index is 12.4. The van der Waals surface area contributed by atoms with Crippen LogP contribution in [0.2, 0.25) is 5.02 Å². The topological polar surface area (TPSA) is 72.3 Å². The molecule has 0 spiro atoms. The Bertz CT molecular complexity index is 773. The molecular formula is C18H23Cl2N5O2. The Hall–Kier alpha value is -1.83. The molecule has 0 bridgehead atoms. The molecule has 0 atom stereocenters. The normalized spacial score (nSPS) is 17.1. The van der Waals surface area contributed by atoms with Gasteiger partial charge in [0.05, 0.1) is 6.54 Å². The number of nitrogens with one attached hydrogen (secondary N) is 1. The summed E-state index contributed by atoms with van der Waals surface area (Å²) in [5.41, 5.74) is 0. The zero-order valence-electron chi connectivity index (χ0n) is 14.9. The summed E-state index contributed by atoms with van der Waals surface area (Å²) in [5.74, 6) is 3.13. The lowest BCUT2D eigenvalue weighted by Crippen LogP contribution is -2.41. The molecule has 1 N–H and O–H groups in total. The molecule has 0 aliphatic carbocycles. The van der Waals surface area contributed by atoms with E-state index in [9.17, 15) is 4.79 Å². The highest BCUT2D eigenvalue weighted by atomic mass is 35.5. The number of likely N-dealkylation sites (tertiary alicyclic amines) is 1. The van der Waals surface area contributed by atoms with Crippen LogP contribution in [0.4, 0.5) is 0 Å². The number of halogens is 2. The molecule has 1 aromatic carbocycles. The van der Waals surface area contributed by atoms with E-state index in [1.54, 1.807) is 24.3 Å². The summed E-state index contributed by atoms with van der Waals surface area (Å²) in [6.45, 7) is 4.18. The quantitative estimate of drug-likeness (QED) is 0.834. The third kappa shape index (κ3) is 4.54. The molecule has 1 saturated heterocycles. The van der Waals surface area contributed by atoms with Crippen LogP contribution in [0.15, 0.2) is 24.3 Å². The SMILES string of the molecule is Cl.O=C(COc1ccc(Cl)cc1)N1CCC(c2nnc3n2CCNC3)CC1. The van der Waals surface area contributed by atoms with Gasteiger partial charge >= 0.3 is 0 Å². The smallest absolute Gasteiger partial charge is 0.260 e. The molecule has 0 unspecified atom stereocenters. The Balaban J connectivity index is 0.00000210. The summed E-state index contributed by atoms with van der Waals surface area (Å²) in [7, 11) is 0. The van der Waals surface area contributed by atoms with Crippen LogP contribution >= 0.6 is 24.0 Å². The average molecular weight is 412 g/mol. The molecular weight excluding hydrogens is 389 g/mol. The van der Waals surface area contributed by atoms with E-state index in [4.69, 9.17) is 16.3 Å². The Kier molecular flexibility index (Phi) is 6.57. The molecule has 1 aromatic heterocycles. The number of hydrogen-bond acceptors (Lipinski definition) is 5. The molecule has 146 valence electrons. The second-order valence-electron chi connectivity index (χ2n) is 6.70. The lowest BCUT2D eigenvalue weighted by molar-refractivity contribution is -0.134. The first-order valence-corrected chi connectivity index (χ1v) is 9.37. The van der Waals surface area contributed by atoms with E-state index in [0.717, 1.165) is 57.2 Å². The number of nitrogens with zero attached hydrogens (tertiary/aromatic N) is 4. The van der Waals surface area contributed by atoms with Crippen molar-refractivity contribution >= 4 is 29.9 Å². The number of fused-ring (bicyclic) bond motifs is 1. The molecule has 4 rings (SSSR count). The molecule has 0 saturated carbocycles. The molecule has 2 aliphatic rings. The largest absolute Gasteiger partial charge is 0.484 e. The summed E-state index contributed by atoms with van der Waals surface area (Å²) >= 11 is 5.85. The van der Waals surface area contributed by atoms with Crippen LogP contribution in [-0.4, -0.2) is 51.8 Å². The molecule has 0 radical (unpaired) electrons. The second-order valence-corrected chi connectivity index (χ2v) is 7.14. The predicted molar refractivity (Wildman–Crippen MR) is 104 cm³/mol. The van der Waals surface area contributed by atoms with Gasteiger partial charge in [-0.3, -0.25) is 4.79 Å². The molecule has 7 nitrogen and oxygen atoms in total. The molecule has 3 heterocycles. The van der Waals surface area contributed by atoms with Crippen molar-refractivity contribution < 1.29 is 9.53 Å². The number of carbonyl (C=O) groups excluding carboxylic acids is 1. The van der Waals surface area contributed by atoms with Gasteiger partial charge in [0.1, 0.15) is 17.4 Å². The van der Waals surface area contributed by atoms with E-state index < -0.39 is 0 Å². The average Bonchev–Trinajstić information content (AvgIpc) is 3.11. The second kappa shape index (κ2) is 8.91. The van der Waals surface area contributed by atoms with Crippen molar-refractivity contribution in [2.75, 3.05) is 26.2 Å². The first kappa shape index (κ1) is 19.9. The van der Waals surface area contributed by atoms with Crippen molar-refractivity contribution in [3.63, 3.8) is 0 Å². The highest BCUT2D eigenvalue weighted by molar-refractivity contribution is 6.30. The van der Waals surface area contributed by atoms with Crippen molar-refractivity contribution in [1.82, 2.24) is 25.0 Å². The van der Waals surface area contributed by atoms with Gasteiger partial charge in [-0.05, 0) is 37.1 Å². The summed E-state index contributed by atoms with van der Waals surface area (Å²) in [6, 6.07) is 7.04. The van der Waals surface area contributed by atoms with Crippen LogP contribution in [0, 0.1) is 0 Å². The van der Waals surface area contributed by atoms with Gasteiger partial charge in [-0.2, -0.15) is 0 Å². The zero-order chi connectivity index (χ0) is 17.9. The van der Waals surface area contributed by atoms with Crippen LogP contribution in [0.5, 0.6) is 5.75 Å². The van der Waals surface area contributed by atoms with E-state index in [1.165, 1.54) is 0 Å². The summed E-state index contributed by atoms with van der Waals surface area (Å²) in [4.78, 5) is 14.3. The summed E-state index contributed by atoms with van der Waals surface area (Å²) in [5, 5.41) is 12.7. The van der Waals surface area contributed by atoms with Crippen molar-refractivity contribution in [1.29, 1.82) is 0 Å². The maximum absolute atomic E-state index is 12.4. The van der Waals surface area contributed by atoms with Gasteiger partial charge in [-0.15, -0.1) is 22.6 Å².